The van der Waals surface area contributed by atoms with Crippen molar-refractivity contribution in [3.05, 3.63) is 23.2 Å². The maximum absolute atomic E-state index is 5.58. The first kappa shape index (κ1) is 7.22. The van der Waals surface area contributed by atoms with Crippen LogP contribution in [0.2, 0.25) is 5.02 Å². The fourth-order valence-corrected chi connectivity index (χ4v) is 0.816. The van der Waals surface area contributed by atoms with Gasteiger partial charge in [0.1, 0.15) is 5.75 Å². The van der Waals surface area contributed by atoms with Gasteiger partial charge in [-0.05, 0) is 12.1 Å². The Kier molecular flexibility index (Phi) is 2.02. The monoisotopic (exact) mass is 156 g/mol. The standard InChI is InChI=1S/C7H7ClNO/c1-10-7-3-2-5(8)4-6(7)9/h3-4H,9H2,1H3. The van der Waals surface area contributed by atoms with Gasteiger partial charge in [0.05, 0.1) is 17.8 Å². The Morgan fingerprint density at radius 1 is 1.70 bits per heavy atom. The lowest BCUT2D eigenvalue weighted by Crippen LogP contribution is -1.91. The summed E-state index contributed by atoms with van der Waals surface area (Å²) in [5.41, 5.74) is 6.04. The molecule has 3 heteroatoms. The summed E-state index contributed by atoms with van der Waals surface area (Å²) in [5.74, 6) is 0.601. The molecule has 0 bridgehead atoms. The average Bonchev–Trinajstić information content (AvgIpc) is 1.88. The lowest BCUT2D eigenvalue weighted by atomic mass is 10.3. The Morgan fingerprint density at radius 3 is 2.90 bits per heavy atom. The molecule has 0 saturated carbocycles. The second kappa shape index (κ2) is 2.80. The molecule has 0 saturated heterocycles. The molecule has 0 atom stereocenters. The lowest BCUT2D eigenvalue weighted by Gasteiger charge is -2.02. The van der Waals surface area contributed by atoms with Crippen LogP contribution in [-0.4, -0.2) is 7.11 Å². The Morgan fingerprint density at radius 2 is 2.40 bits per heavy atom. The normalized spacial score (nSPS) is 9.40. The molecule has 10 heavy (non-hydrogen) atoms. The van der Waals surface area contributed by atoms with Crippen molar-refractivity contribution in [3.63, 3.8) is 0 Å². The zero-order chi connectivity index (χ0) is 7.56. The first-order chi connectivity index (χ1) is 4.74. The van der Waals surface area contributed by atoms with Crippen LogP contribution in [0, 0.1) is 6.07 Å². The van der Waals surface area contributed by atoms with Gasteiger partial charge in [-0.25, -0.2) is 0 Å². The van der Waals surface area contributed by atoms with Gasteiger partial charge in [0.25, 0.3) is 0 Å². The molecular weight excluding hydrogens is 150 g/mol. The summed E-state index contributed by atoms with van der Waals surface area (Å²) in [6.07, 6.45) is 0. The van der Waals surface area contributed by atoms with Crippen molar-refractivity contribution in [1.29, 1.82) is 0 Å². The maximum atomic E-state index is 5.58. The van der Waals surface area contributed by atoms with Gasteiger partial charge in [0.2, 0.25) is 0 Å². The first-order valence-corrected chi connectivity index (χ1v) is 3.12. The maximum Gasteiger partial charge on any atom is 0.142 e. The highest BCUT2D eigenvalue weighted by molar-refractivity contribution is 6.30. The minimum Gasteiger partial charge on any atom is -0.495 e. The van der Waals surface area contributed by atoms with Crippen LogP contribution in [-0.2, 0) is 0 Å². The zero-order valence-corrected chi connectivity index (χ0v) is 6.27. The van der Waals surface area contributed by atoms with E-state index >= 15 is 0 Å². The molecule has 1 aromatic carbocycles. The van der Waals surface area contributed by atoms with Gasteiger partial charge in [-0.2, -0.15) is 0 Å². The van der Waals surface area contributed by atoms with Crippen LogP contribution < -0.4 is 10.5 Å². The quantitative estimate of drug-likeness (QED) is 0.629. The van der Waals surface area contributed by atoms with E-state index < -0.39 is 0 Å². The highest BCUT2D eigenvalue weighted by atomic mass is 35.5. The van der Waals surface area contributed by atoms with Crippen LogP contribution in [0.1, 0.15) is 0 Å². The van der Waals surface area contributed by atoms with Gasteiger partial charge in [-0.3, -0.25) is 0 Å². The van der Waals surface area contributed by atoms with Gasteiger partial charge < -0.3 is 10.5 Å². The van der Waals surface area contributed by atoms with E-state index in [2.05, 4.69) is 6.07 Å². The number of nitrogens with two attached hydrogens (primary N) is 1. The van der Waals surface area contributed by atoms with Crippen molar-refractivity contribution in [2.75, 3.05) is 12.8 Å². The Balaban J connectivity index is 3.07. The molecule has 0 fully saturated rings. The average molecular weight is 157 g/mol. The fraction of sp³-hybridized carbons (Fsp3) is 0.143. The third kappa shape index (κ3) is 1.33. The number of ether oxygens (including phenoxy) is 1. The SMILES string of the molecule is COc1c[c]c(Cl)cc1N. The fourth-order valence-electron chi connectivity index (χ4n) is 0.644. The van der Waals surface area contributed by atoms with E-state index in [1.807, 2.05) is 0 Å². The van der Waals surface area contributed by atoms with E-state index in [0.717, 1.165) is 0 Å². The highest BCUT2D eigenvalue weighted by Crippen LogP contribution is 2.23. The minimum absolute atomic E-state index is 0.498. The number of hydrogen-bond donors (Lipinski definition) is 1. The number of hydrogen-bond acceptors (Lipinski definition) is 2. The summed E-state index contributed by atoms with van der Waals surface area (Å²) in [6, 6.07) is 5.96. The topological polar surface area (TPSA) is 35.2 Å². The number of halogens is 1. The minimum atomic E-state index is 0.498. The highest BCUT2D eigenvalue weighted by Gasteiger charge is 1.97. The molecule has 1 radical (unpaired) electrons. The molecule has 0 aliphatic heterocycles. The molecular formula is C7H7ClNO. The van der Waals surface area contributed by atoms with Crippen LogP contribution in [0.25, 0.3) is 0 Å². The Hall–Kier alpha value is -0.890. The van der Waals surface area contributed by atoms with E-state index in [1.165, 1.54) is 0 Å². The predicted octanol–water partition coefficient (Wildman–Crippen LogP) is 1.73. The summed E-state index contributed by atoms with van der Waals surface area (Å²) < 4.78 is 4.89. The van der Waals surface area contributed by atoms with Gasteiger partial charge in [0.15, 0.2) is 0 Å². The van der Waals surface area contributed by atoms with Gasteiger partial charge in [-0.15, -0.1) is 0 Å². The second-order valence-electron chi connectivity index (χ2n) is 1.80. The van der Waals surface area contributed by atoms with Crippen LogP contribution in [0.3, 0.4) is 0 Å². The predicted molar refractivity (Wildman–Crippen MR) is 41.3 cm³/mol. The van der Waals surface area contributed by atoms with Crippen molar-refractivity contribution in [3.8, 4) is 5.75 Å². The largest absolute Gasteiger partial charge is 0.495 e. The van der Waals surface area contributed by atoms with Crippen molar-refractivity contribution in [2.45, 2.75) is 0 Å². The van der Waals surface area contributed by atoms with Gasteiger partial charge >= 0.3 is 0 Å². The van der Waals surface area contributed by atoms with Crippen LogP contribution in [0.15, 0.2) is 12.1 Å². The first-order valence-electron chi connectivity index (χ1n) is 2.74. The number of nitrogen functional groups attached to an aromatic ring is 1. The summed E-state index contributed by atoms with van der Waals surface area (Å²) in [7, 11) is 1.55. The molecule has 0 aromatic heterocycles. The van der Waals surface area contributed by atoms with Crippen molar-refractivity contribution >= 4 is 17.3 Å². The van der Waals surface area contributed by atoms with Crippen molar-refractivity contribution in [2.24, 2.45) is 0 Å². The smallest absolute Gasteiger partial charge is 0.142 e. The van der Waals surface area contributed by atoms with Crippen LogP contribution in [0.5, 0.6) is 5.75 Å². The van der Waals surface area contributed by atoms with E-state index in [1.54, 1.807) is 19.2 Å². The molecule has 1 rings (SSSR count). The number of methoxy groups -OCH3 is 1. The van der Waals surface area contributed by atoms with Gasteiger partial charge in [0, 0.05) is 6.07 Å². The summed E-state index contributed by atoms with van der Waals surface area (Å²) in [6.45, 7) is 0. The molecule has 2 N–H and O–H groups in total. The lowest BCUT2D eigenvalue weighted by molar-refractivity contribution is 0.417. The molecule has 0 heterocycles. The second-order valence-corrected chi connectivity index (χ2v) is 2.21. The molecule has 2 nitrogen and oxygen atoms in total. The molecule has 0 unspecified atom stereocenters. The molecule has 1 aromatic rings. The number of rotatable bonds is 1. The third-order valence-corrected chi connectivity index (χ3v) is 1.35. The van der Waals surface area contributed by atoms with Crippen molar-refractivity contribution in [1.82, 2.24) is 0 Å². The van der Waals surface area contributed by atoms with Gasteiger partial charge in [-0.1, -0.05) is 11.6 Å². The van der Waals surface area contributed by atoms with E-state index in [9.17, 15) is 0 Å². The molecule has 0 amide bonds. The number of benzene rings is 1. The third-order valence-electron chi connectivity index (χ3n) is 1.13. The number of anilines is 1. The molecule has 53 valence electrons. The molecule has 0 aliphatic carbocycles. The van der Waals surface area contributed by atoms with E-state index in [-0.39, 0.29) is 0 Å². The zero-order valence-electron chi connectivity index (χ0n) is 5.52. The van der Waals surface area contributed by atoms with Crippen LogP contribution in [0.4, 0.5) is 5.69 Å². The molecule has 0 spiro atoms. The van der Waals surface area contributed by atoms with Crippen LogP contribution >= 0.6 is 11.6 Å². The van der Waals surface area contributed by atoms with E-state index in [0.29, 0.717) is 16.5 Å². The Bertz CT molecular complexity index is 237. The summed E-state index contributed by atoms with van der Waals surface area (Å²) in [5, 5.41) is 0.498. The molecule has 0 aliphatic rings. The Labute approximate surface area is 64.6 Å². The summed E-state index contributed by atoms with van der Waals surface area (Å²) >= 11 is 5.58. The van der Waals surface area contributed by atoms with E-state index in [4.69, 9.17) is 22.1 Å². The summed E-state index contributed by atoms with van der Waals surface area (Å²) in [4.78, 5) is 0. The van der Waals surface area contributed by atoms with Crippen molar-refractivity contribution < 1.29 is 4.74 Å².